The van der Waals surface area contributed by atoms with E-state index in [1.165, 1.54) is 36.4 Å². The maximum atomic E-state index is 13.8. The summed E-state index contributed by atoms with van der Waals surface area (Å²) in [4.78, 5) is 50.3. The zero-order valence-electron chi connectivity index (χ0n) is 31.4. The van der Waals surface area contributed by atoms with Gasteiger partial charge in [0.2, 0.25) is 5.91 Å². The van der Waals surface area contributed by atoms with Crippen molar-refractivity contribution in [2.24, 2.45) is 5.92 Å². The fourth-order valence-corrected chi connectivity index (χ4v) is 11.8. The molecule has 3 aromatic rings. The standard InChI is InChI=1S/C41H51N3O8S3/c1-28-13-21-34(22-14-28)54(49,50)26-31(27-55(51,52)35-23-15-29(2)16-24-35)40(47)30-17-19-32(20-18-30)42-38(46)12-6-4-3-5-9-33(45)10-7-8-11-37-39-36(25-53-37)43-41(48)44-39/h13-24,31,36-37,39H,3-12,25-27H2,1-2H3,(H,42,46)(H2,43,44,48). The van der Waals surface area contributed by atoms with E-state index >= 15 is 0 Å². The Morgan fingerprint density at radius 3 is 1.80 bits per heavy atom. The van der Waals surface area contributed by atoms with Crippen molar-refractivity contribution in [3.63, 3.8) is 0 Å². The van der Waals surface area contributed by atoms with Crippen LogP contribution in [-0.4, -0.2) is 74.9 Å². The Labute approximate surface area is 329 Å². The van der Waals surface area contributed by atoms with E-state index in [0.29, 0.717) is 36.6 Å². The van der Waals surface area contributed by atoms with Crippen LogP contribution in [-0.2, 0) is 29.3 Å². The Morgan fingerprint density at radius 2 is 1.24 bits per heavy atom. The fraction of sp³-hybridized carbons (Fsp3) is 0.463. The van der Waals surface area contributed by atoms with Gasteiger partial charge in [0.25, 0.3) is 0 Å². The van der Waals surface area contributed by atoms with Gasteiger partial charge in [-0.3, -0.25) is 14.4 Å². The number of Topliss-reactive ketones (excluding diaryl/α,β-unsaturated/α-hetero) is 2. The fourth-order valence-electron chi connectivity index (χ4n) is 6.99. The highest BCUT2D eigenvalue weighted by Gasteiger charge is 2.42. The smallest absolute Gasteiger partial charge is 0.315 e. The minimum absolute atomic E-state index is 0.00876. The first-order chi connectivity index (χ1) is 26.2. The SMILES string of the molecule is Cc1ccc(S(=O)(=O)CC(CS(=O)(=O)c2ccc(C)cc2)C(=O)c2ccc(NC(=O)CCCCCCC(=O)CCCCC3SCC4NC(=O)NC43)cc2)cc1. The second-order valence-electron chi connectivity index (χ2n) is 14.7. The van der Waals surface area contributed by atoms with Gasteiger partial charge in [0, 0.05) is 41.5 Å². The van der Waals surface area contributed by atoms with Gasteiger partial charge in [0.15, 0.2) is 25.5 Å². The molecule has 55 heavy (non-hydrogen) atoms. The third-order valence-corrected chi connectivity index (χ3v) is 15.3. The first-order valence-corrected chi connectivity index (χ1v) is 23.3. The molecule has 2 saturated heterocycles. The van der Waals surface area contributed by atoms with Gasteiger partial charge >= 0.3 is 6.03 Å². The van der Waals surface area contributed by atoms with Crippen LogP contribution in [0.25, 0.3) is 0 Å². The van der Waals surface area contributed by atoms with Crippen molar-refractivity contribution in [3.8, 4) is 0 Å². The number of nitrogens with one attached hydrogen (secondary N) is 3. The van der Waals surface area contributed by atoms with Crippen LogP contribution in [0.5, 0.6) is 0 Å². The topological polar surface area (TPSA) is 173 Å². The van der Waals surface area contributed by atoms with E-state index in [1.54, 1.807) is 36.4 Å². The van der Waals surface area contributed by atoms with E-state index in [2.05, 4.69) is 16.0 Å². The van der Waals surface area contributed by atoms with E-state index in [4.69, 9.17) is 0 Å². The van der Waals surface area contributed by atoms with Crippen LogP contribution in [0.15, 0.2) is 82.6 Å². The molecule has 11 nitrogen and oxygen atoms in total. The predicted molar refractivity (Wildman–Crippen MR) is 216 cm³/mol. The molecule has 2 aliphatic heterocycles. The number of amides is 3. The van der Waals surface area contributed by atoms with Gasteiger partial charge in [-0.15, -0.1) is 0 Å². The van der Waals surface area contributed by atoms with Gasteiger partial charge < -0.3 is 16.0 Å². The van der Waals surface area contributed by atoms with Gasteiger partial charge in [-0.1, -0.05) is 54.7 Å². The number of anilines is 1. The normalized spacial score (nSPS) is 18.1. The average molecular weight is 810 g/mol. The molecule has 0 spiro atoms. The van der Waals surface area contributed by atoms with Gasteiger partial charge in [-0.2, -0.15) is 11.8 Å². The van der Waals surface area contributed by atoms with Crippen LogP contribution in [0, 0.1) is 19.8 Å². The molecular formula is C41H51N3O8S3. The van der Waals surface area contributed by atoms with Gasteiger partial charge in [-0.25, -0.2) is 21.6 Å². The maximum absolute atomic E-state index is 13.8. The minimum Gasteiger partial charge on any atom is -0.332 e. The Morgan fingerprint density at radius 1 is 0.709 bits per heavy atom. The number of carbonyl (C=O) groups is 4. The van der Waals surface area contributed by atoms with Crippen molar-refractivity contribution in [1.29, 1.82) is 0 Å². The largest absolute Gasteiger partial charge is 0.332 e. The van der Waals surface area contributed by atoms with Crippen LogP contribution < -0.4 is 16.0 Å². The molecule has 0 saturated carbocycles. The lowest BCUT2D eigenvalue weighted by Gasteiger charge is -2.17. The Balaban J connectivity index is 1.05. The summed E-state index contributed by atoms with van der Waals surface area (Å²) in [5.41, 5.74) is 2.32. The summed E-state index contributed by atoms with van der Waals surface area (Å²) in [5, 5.41) is 9.18. The third kappa shape index (κ3) is 12.2. The van der Waals surface area contributed by atoms with Crippen molar-refractivity contribution >= 4 is 60.6 Å². The van der Waals surface area contributed by atoms with Crippen LogP contribution >= 0.6 is 11.8 Å². The summed E-state index contributed by atoms with van der Waals surface area (Å²) >= 11 is 1.89. The molecule has 14 heteroatoms. The molecule has 296 valence electrons. The number of ketones is 2. The molecule has 3 atom stereocenters. The Bertz CT molecular complexity index is 1960. The molecule has 3 aromatic carbocycles. The van der Waals surface area contributed by atoms with Crippen LogP contribution in [0.2, 0.25) is 0 Å². The monoisotopic (exact) mass is 809 g/mol. The van der Waals surface area contributed by atoms with Crippen molar-refractivity contribution in [1.82, 2.24) is 10.6 Å². The number of unbranched alkanes of at least 4 members (excludes halogenated alkanes) is 4. The Kier molecular flexibility index (Phi) is 14.7. The first kappa shape index (κ1) is 42.1. The lowest BCUT2D eigenvalue weighted by molar-refractivity contribution is -0.119. The summed E-state index contributed by atoms with van der Waals surface area (Å²) in [6, 6.07) is 18.7. The van der Waals surface area contributed by atoms with Crippen molar-refractivity contribution < 1.29 is 36.0 Å². The molecular weight excluding hydrogens is 759 g/mol. The van der Waals surface area contributed by atoms with Crippen molar-refractivity contribution in [2.75, 3.05) is 22.6 Å². The summed E-state index contributed by atoms with van der Waals surface area (Å²) in [7, 11) is -8.03. The van der Waals surface area contributed by atoms with E-state index in [1.807, 2.05) is 25.6 Å². The predicted octanol–water partition coefficient (Wildman–Crippen LogP) is 6.62. The third-order valence-electron chi connectivity index (χ3n) is 10.2. The van der Waals surface area contributed by atoms with Gasteiger partial charge in [0.05, 0.1) is 39.3 Å². The van der Waals surface area contributed by atoms with E-state index in [-0.39, 0.29) is 45.2 Å². The second kappa shape index (κ2) is 19.2. The number of hydrogen-bond acceptors (Lipinski definition) is 9. The summed E-state index contributed by atoms with van der Waals surface area (Å²) < 4.78 is 53.6. The highest BCUT2D eigenvalue weighted by Crippen LogP contribution is 2.33. The summed E-state index contributed by atoms with van der Waals surface area (Å²) in [6.45, 7) is 3.64. The van der Waals surface area contributed by atoms with Crippen molar-refractivity contribution in [3.05, 3.63) is 89.5 Å². The van der Waals surface area contributed by atoms with Gasteiger partial charge in [-0.05, 0) is 88.1 Å². The zero-order valence-corrected chi connectivity index (χ0v) is 33.9. The summed E-state index contributed by atoms with van der Waals surface area (Å²) in [5.74, 6) is -2.37. The van der Waals surface area contributed by atoms with Crippen LogP contribution in [0.4, 0.5) is 10.5 Å². The molecule has 5 rings (SSSR count). The van der Waals surface area contributed by atoms with Crippen LogP contribution in [0.1, 0.15) is 85.7 Å². The number of hydrogen-bond donors (Lipinski definition) is 3. The molecule has 0 aromatic heterocycles. The number of fused-ring (bicyclic) bond motifs is 1. The molecule has 3 N–H and O–H groups in total. The van der Waals surface area contributed by atoms with Gasteiger partial charge in [0.1, 0.15) is 5.78 Å². The zero-order chi connectivity index (χ0) is 39.6. The molecule has 0 bridgehead atoms. The molecule has 0 radical (unpaired) electrons. The molecule has 3 unspecified atom stereocenters. The quantitative estimate of drug-likeness (QED) is 0.0607. The summed E-state index contributed by atoms with van der Waals surface area (Å²) in [6.07, 6.45) is 7.34. The molecule has 0 aliphatic carbocycles. The molecule has 2 fully saturated rings. The maximum Gasteiger partial charge on any atom is 0.315 e. The lowest BCUT2D eigenvalue weighted by Crippen LogP contribution is -2.36. The Hall–Kier alpha value is -4.01. The number of benzene rings is 3. The molecule has 2 aliphatic rings. The number of rotatable bonds is 21. The highest BCUT2D eigenvalue weighted by atomic mass is 32.2. The average Bonchev–Trinajstić information content (AvgIpc) is 3.70. The molecule has 3 amide bonds. The highest BCUT2D eigenvalue weighted by molar-refractivity contribution is 8.00. The first-order valence-electron chi connectivity index (χ1n) is 18.9. The number of thioether (sulfide) groups is 1. The number of urea groups is 1. The number of carbonyl (C=O) groups excluding carboxylic acids is 4. The van der Waals surface area contributed by atoms with Crippen molar-refractivity contribution in [2.45, 2.75) is 105 Å². The minimum atomic E-state index is -4.02. The van der Waals surface area contributed by atoms with E-state index in [0.717, 1.165) is 55.4 Å². The lowest BCUT2D eigenvalue weighted by atomic mass is 10.0. The van der Waals surface area contributed by atoms with E-state index < -0.39 is 42.9 Å². The second-order valence-corrected chi connectivity index (χ2v) is 20.0. The van der Waals surface area contributed by atoms with E-state index in [9.17, 15) is 36.0 Å². The molecule has 2 heterocycles. The van der Waals surface area contributed by atoms with Crippen LogP contribution in [0.3, 0.4) is 0 Å². The number of sulfone groups is 2. The number of aryl methyl sites for hydroxylation is 2.